The minimum atomic E-state index is -3.53. The second kappa shape index (κ2) is 8.23. The third-order valence-electron chi connectivity index (χ3n) is 3.70. The van der Waals surface area contributed by atoms with Crippen molar-refractivity contribution in [3.8, 4) is 0 Å². The summed E-state index contributed by atoms with van der Waals surface area (Å²) in [6.45, 7) is 2.11. The van der Waals surface area contributed by atoms with E-state index in [4.69, 9.17) is 4.74 Å². The first kappa shape index (κ1) is 18.4. The number of amides is 1. The van der Waals surface area contributed by atoms with Crippen molar-refractivity contribution in [2.75, 3.05) is 33.4 Å². The molecule has 1 amide bonds. The molecule has 0 aliphatic carbocycles. The minimum Gasteiger partial charge on any atom is -0.385 e. The van der Waals surface area contributed by atoms with Gasteiger partial charge in [-0.1, -0.05) is 0 Å². The van der Waals surface area contributed by atoms with Crippen molar-refractivity contribution < 1.29 is 17.9 Å². The van der Waals surface area contributed by atoms with Gasteiger partial charge in [0.05, 0.1) is 10.5 Å². The Morgan fingerprint density at radius 2 is 2.04 bits per heavy atom. The summed E-state index contributed by atoms with van der Waals surface area (Å²) >= 11 is 3.31. The molecule has 0 bridgehead atoms. The van der Waals surface area contributed by atoms with Gasteiger partial charge in [0.15, 0.2) is 0 Å². The van der Waals surface area contributed by atoms with E-state index in [0.29, 0.717) is 42.7 Å². The SMILES string of the molecule is COCCCNC(=O)c1cc(S(=O)(=O)N2CCCC2)ccc1Br. The molecule has 0 radical (unpaired) electrons. The number of hydrogen-bond acceptors (Lipinski definition) is 4. The molecule has 0 unspecified atom stereocenters. The Labute approximate surface area is 145 Å². The lowest BCUT2D eigenvalue weighted by Crippen LogP contribution is -2.29. The van der Waals surface area contributed by atoms with E-state index in [1.807, 2.05) is 0 Å². The standard InChI is InChI=1S/C15H21BrN2O4S/c1-22-10-4-7-17-15(19)13-11-12(5-6-14(13)16)23(20,21)18-8-2-3-9-18/h5-6,11H,2-4,7-10H2,1H3,(H,17,19). The summed E-state index contributed by atoms with van der Waals surface area (Å²) in [5.74, 6) is -0.300. The van der Waals surface area contributed by atoms with Crippen LogP contribution in [-0.2, 0) is 14.8 Å². The Bertz CT molecular complexity index is 657. The van der Waals surface area contributed by atoms with Crippen molar-refractivity contribution in [3.63, 3.8) is 0 Å². The average molecular weight is 405 g/mol. The number of halogens is 1. The maximum Gasteiger partial charge on any atom is 0.252 e. The lowest BCUT2D eigenvalue weighted by molar-refractivity contribution is 0.0947. The highest BCUT2D eigenvalue weighted by atomic mass is 79.9. The molecule has 1 N–H and O–H groups in total. The van der Waals surface area contributed by atoms with Crippen LogP contribution < -0.4 is 5.32 Å². The molecule has 1 aromatic carbocycles. The first-order chi connectivity index (χ1) is 11.0. The monoisotopic (exact) mass is 404 g/mol. The van der Waals surface area contributed by atoms with Gasteiger partial charge in [0.25, 0.3) is 5.91 Å². The van der Waals surface area contributed by atoms with Gasteiger partial charge >= 0.3 is 0 Å². The summed E-state index contributed by atoms with van der Waals surface area (Å²) in [5.41, 5.74) is 0.322. The molecule has 1 aromatic rings. The highest BCUT2D eigenvalue weighted by Crippen LogP contribution is 2.25. The topological polar surface area (TPSA) is 75.7 Å². The largest absolute Gasteiger partial charge is 0.385 e. The van der Waals surface area contributed by atoms with Gasteiger partial charge < -0.3 is 10.1 Å². The molecule has 2 rings (SSSR count). The van der Waals surface area contributed by atoms with Crippen LogP contribution in [0.2, 0.25) is 0 Å². The number of benzene rings is 1. The zero-order valence-electron chi connectivity index (χ0n) is 13.0. The smallest absolute Gasteiger partial charge is 0.252 e. The summed E-state index contributed by atoms with van der Waals surface area (Å²) in [7, 11) is -1.93. The Morgan fingerprint density at radius 3 is 2.70 bits per heavy atom. The molecule has 0 saturated carbocycles. The highest BCUT2D eigenvalue weighted by molar-refractivity contribution is 9.10. The van der Waals surface area contributed by atoms with Crippen LogP contribution in [0.1, 0.15) is 29.6 Å². The van der Waals surface area contributed by atoms with E-state index in [1.54, 1.807) is 13.2 Å². The molecule has 0 aromatic heterocycles. The predicted molar refractivity (Wildman–Crippen MR) is 91.0 cm³/mol. The maximum absolute atomic E-state index is 12.6. The summed E-state index contributed by atoms with van der Waals surface area (Å²) in [5, 5.41) is 2.77. The number of nitrogens with one attached hydrogen (secondary N) is 1. The second-order valence-corrected chi connectivity index (χ2v) is 8.15. The summed E-state index contributed by atoms with van der Waals surface area (Å²) in [6.07, 6.45) is 2.46. The van der Waals surface area contributed by atoms with Crippen molar-refractivity contribution >= 4 is 31.9 Å². The van der Waals surface area contributed by atoms with E-state index in [1.165, 1.54) is 16.4 Å². The molecular formula is C15H21BrN2O4S. The Balaban J connectivity index is 2.16. The molecule has 0 atom stereocenters. The van der Waals surface area contributed by atoms with Crippen LogP contribution in [0.3, 0.4) is 0 Å². The highest BCUT2D eigenvalue weighted by Gasteiger charge is 2.28. The van der Waals surface area contributed by atoms with Crippen LogP contribution in [0.15, 0.2) is 27.6 Å². The molecule has 1 aliphatic rings. The van der Waals surface area contributed by atoms with Gasteiger partial charge in [-0.25, -0.2) is 8.42 Å². The fourth-order valence-electron chi connectivity index (χ4n) is 2.43. The molecular weight excluding hydrogens is 384 g/mol. The Morgan fingerprint density at radius 1 is 1.35 bits per heavy atom. The van der Waals surface area contributed by atoms with Crippen LogP contribution in [-0.4, -0.2) is 52.0 Å². The molecule has 128 valence electrons. The maximum atomic E-state index is 12.6. The van der Waals surface area contributed by atoms with Crippen LogP contribution >= 0.6 is 15.9 Å². The molecule has 1 fully saturated rings. The fourth-order valence-corrected chi connectivity index (χ4v) is 4.40. The zero-order valence-corrected chi connectivity index (χ0v) is 15.5. The number of methoxy groups -OCH3 is 1. The first-order valence-electron chi connectivity index (χ1n) is 7.53. The fraction of sp³-hybridized carbons (Fsp3) is 0.533. The molecule has 1 aliphatic heterocycles. The first-order valence-corrected chi connectivity index (χ1v) is 9.77. The summed E-state index contributed by atoms with van der Waals surface area (Å²) < 4.78 is 32.1. The average Bonchev–Trinajstić information content (AvgIpc) is 3.07. The van der Waals surface area contributed by atoms with Gasteiger partial charge in [-0.15, -0.1) is 0 Å². The van der Waals surface area contributed by atoms with Crippen LogP contribution in [0.5, 0.6) is 0 Å². The number of carbonyl (C=O) groups excluding carboxylic acids is 1. The van der Waals surface area contributed by atoms with Gasteiger partial charge in [0, 0.05) is 37.8 Å². The van der Waals surface area contributed by atoms with E-state index in [9.17, 15) is 13.2 Å². The van der Waals surface area contributed by atoms with Gasteiger partial charge in [-0.3, -0.25) is 4.79 Å². The quantitative estimate of drug-likeness (QED) is 0.705. The van der Waals surface area contributed by atoms with Gasteiger partial charge in [-0.05, 0) is 53.4 Å². The zero-order chi connectivity index (χ0) is 16.9. The summed E-state index contributed by atoms with van der Waals surface area (Å²) in [6, 6.07) is 4.57. The van der Waals surface area contributed by atoms with E-state index >= 15 is 0 Å². The Kier molecular flexibility index (Phi) is 6.58. The molecule has 1 heterocycles. The molecule has 6 nitrogen and oxygen atoms in total. The Hall–Kier alpha value is -0.960. The number of carbonyl (C=O) groups is 1. The minimum absolute atomic E-state index is 0.157. The lowest BCUT2D eigenvalue weighted by Gasteiger charge is -2.16. The number of hydrogen-bond donors (Lipinski definition) is 1. The third kappa shape index (κ3) is 4.53. The molecule has 0 spiro atoms. The van der Waals surface area contributed by atoms with Gasteiger partial charge in [-0.2, -0.15) is 4.31 Å². The van der Waals surface area contributed by atoms with Gasteiger partial charge in [0.1, 0.15) is 0 Å². The third-order valence-corrected chi connectivity index (χ3v) is 6.28. The number of rotatable bonds is 7. The van der Waals surface area contributed by atoms with E-state index in [-0.39, 0.29) is 10.8 Å². The van der Waals surface area contributed by atoms with Crippen molar-refractivity contribution in [2.45, 2.75) is 24.2 Å². The van der Waals surface area contributed by atoms with Crippen LogP contribution in [0.25, 0.3) is 0 Å². The summed E-state index contributed by atoms with van der Waals surface area (Å²) in [4.78, 5) is 12.4. The van der Waals surface area contributed by atoms with Crippen molar-refractivity contribution in [1.82, 2.24) is 9.62 Å². The molecule has 1 saturated heterocycles. The van der Waals surface area contributed by atoms with Crippen molar-refractivity contribution in [2.24, 2.45) is 0 Å². The lowest BCUT2D eigenvalue weighted by atomic mass is 10.2. The van der Waals surface area contributed by atoms with E-state index < -0.39 is 10.0 Å². The number of sulfonamides is 1. The van der Waals surface area contributed by atoms with Crippen LogP contribution in [0.4, 0.5) is 0 Å². The van der Waals surface area contributed by atoms with Crippen LogP contribution in [0, 0.1) is 0 Å². The number of nitrogens with zero attached hydrogens (tertiary/aromatic N) is 1. The van der Waals surface area contributed by atoms with E-state index in [2.05, 4.69) is 21.2 Å². The van der Waals surface area contributed by atoms with Crippen molar-refractivity contribution in [3.05, 3.63) is 28.2 Å². The predicted octanol–water partition coefficient (Wildman–Crippen LogP) is 2.00. The normalized spacial score (nSPS) is 15.7. The molecule has 23 heavy (non-hydrogen) atoms. The second-order valence-electron chi connectivity index (χ2n) is 5.36. The van der Waals surface area contributed by atoms with Gasteiger partial charge in [0.2, 0.25) is 10.0 Å². The van der Waals surface area contributed by atoms with E-state index in [0.717, 1.165) is 12.8 Å². The number of ether oxygens (including phenoxy) is 1. The van der Waals surface area contributed by atoms with Crippen molar-refractivity contribution in [1.29, 1.82) is 0 Å². The molecule has 8 heteroatoms.